The van der Waals surface area contributed by atoms with E-state index in [4.69, 9.17) is 5.73 Å². The van der Waals surface area contributed by atoms with Crippen LogP contribution in [0.15, 0.2) is 42.7 Å². The maximum atomic E-state index is 11.2. The fourth-order valence-electron chi connectivity index (χ4n) is 1.87. The summed E-state index contributed by atoms with van der Waals surface area (Å²) in [6.45, 7) is 0.572. The van der Waals surface area contributed by atoms with E-state index < -0.39 is 10.8 Å². The zero-order valence-electron chi connectivity index (χ0n) is 11.2. The van der Waals surface area contributed by atoms with E-state index in [2.05, 4.69) is 10.3 Å². The number of amides is 1. The second-order valence-electron chi connectivity index (χ2n) is 4.39. The minimum absolute atomic E-state index is 0.0665. The molecule has 0 radical (unpaired) electrons. The minimum atomic E-state index is -0.541. The van der Waals surface area contributed by atoms with Crippen LogP contribution in [0.1, 0.15) is 15.9 Å². The van der Waals surface area contributed by atoms with E-state index in [0.29, 0.717) is 24.2 Å². The predicted octanol–water partition coefficient (Wildman–Crippen LogP) is 1.74. The third-order valence-electron chi connectivity index (χ3n) is 2.96. The summed E-state index contributed by atoms with van der Waals surface area (Å²) in [5, 5.41) is 13.7. The molecule has 0 unspecified atom stereocenters. The number of primary amides is 1. The van der Waals surface area contributed by atoms with E-state index in [1.54, 1.807) is 24.4 Å². The van der Waals surface area contributed by atoms with E-state index in [-0.39, 0.29) is 5.69 Å². The smallest absolute Gasteiger partial charge is 0.269 e. The highest BCUT2D eigenvalue weighted by atomic mass is 16.6. The maximum Gasteiger partial charge on any atom is 0.269 e. The highest BCUT2D eigenvalue weighted by molar-refractivity contribution is 5.98. The van der Waals surface area contributed by atoms with Crippen LogP contribution < -0.4 is 11.1 Å². The molecule has 3 N–H and O–H groups in total. The Morgan fingerprint density at radius 1 is 1.29 bits per heavy atom. The fraction of sp³-hybridized carbons (Fsp3) is 0.143. The van der Waals surface area contributed by atoms with Gasteiger partial charge in [-0.2, -0.15) is 0 Å². The van der Waals surface area contributed by atoms with Gasteiger partial charge in [-0.05, 0) is 18.1 Å². The van der Waals surface area contributed by atoms with Crippen LogP contribution >= 0.6 is 0 Å². The van der Waals surface area contributed by atoms with Crippen molar-refractivity contribution in [2.24, 2.45) is 5.73 Å². The van der Waals surface area contributed by atoms with E-state index in [0.717, 1.165) is 5.56 Å². The number of nitro benzene ring substituents is 1. The van der Waals surface area contributed by atoms with Gasteiger partial charge in [0.15, 0.2) is 0 Å². The van der Waals surface area contributed by atoms with Gasteiger partial charge in [0.25, 0.3) is 11.6 Å². The lowest BCUT2D eigenvalue weighted by Gasteiger charge is -2.09. The molecule has 2 aromatic rings. The zero-order valence-corrected chi connectivity index (χ0v) is 11.2. The van der Waals surface area contributed by atoms with Crippen LogP contribution in [-0.4, -0.2) is 22.4 Å². The first-order valence-corrected chi connectivity index (χ1v) is 6.29. The van der Waals surface area contributed by atoms with Crippen LogP contribution in [0.4, 0.5) is 11.4 Å². The van der Waals surface area contributed by atoms with Gasteiger partial charge >= 0.3 is 0 Å². The molecule has 0 spiro atoms. The molecule has 0 bridgehead atoms. The summed E-state index contributed by atoms with van der Waals surface area (Å²) in [5.41, 5.74) is 7.25. The number of nitrogens with zero attached hydrogens (tertiary/aromatic N) is 2. The van der Waals surface area contributed by atoms with Crippen LogP contribution in [0.2, 0.25) is 0 Å². The first-order valence-electron chi connectivity index (χ1n) is 6.29. The second-order valence-corrected chi connectivity index (χ2v) is 4.39. The summed E-state index contributed by atoms with van der Waals surface area (Å²) < 4.78 is 0. The number of carbonyl (C=O) groups excluding carboxylic acids is 1. The van der Waals surface area contributed by atoms with Crippen LogP contribution in [0.3, 0.4) is 0 Å². The monoisotopic (exact) mass is 286 g/mol. The average molecular weight is 286 g/mol. The lowest BCUT2D eigenvalue weighted by molar-refractivity contribution is -0.384. The molecule has 1 amide bonds. The molecule has 0 fully saturated rings. The van der Waals surface area contributed by atoms with Gasteiger partial charge in [0.2, 0.25) is 0 Å². The lowest BCUT2D eigenvalue weighted by atomic mass is 10.1. The Morgan fingerprint density at radius 3 is 2.62 bits per heavy atom. The van der Waals surface area contributed by atoms with Crippen molar-refractivity contribution in [2.45, 2.75) is 6.42 Å². The van der Waals surface area contributed by atoms with Crippen LogP contribution in [0.5, 0.6) is 0 Å². The molecular weight excluding hydrogens is 272 g/mol. The Hall–Kier alpha value is -2.96. The van der Waals surface area contributed by atoms with E-state index in [1.807, 2.05) is 0 Å². The van der Waals surface area contributed by atoms with Crippen LogP contribution in [0.25, 0.3) is 0 Å². The number of aromatic nitrogens is 1. The van der Waals surface area contributed by atoms with Gasteiger partial charge in [-0.15, -0.1) is 0 Å². The van der Waals surface area contributed by atoms with Crippen molar-refractivity contribution in [3.63, 3.8) is 0 Å². The summed E-state index contributed by atoms with van der Waals surface area (Å²) in [6, 6.07) is 8.03. The molecule has 1 heterocycles. The molecule has 0 aliphatic rings. The van der Waals surface area contributed by atoms with E-state index in [1.165, 1.54) is 18.3 Å². The molecule has 7 heteroatoms. The molecular formula is C14H14N4O3. The van der Waals surface area contributed by atoms with Crippen LogP contribution in [-0.2, 0) is 6.42 Å². The molecule has 108 valence electrons. The number of rotatable bonds is 6. The topological polar surface area (TPSA) is 111 Å². The van der Waals surface area contributed by atoms with Crippen molar-refractivity contribution >= 4 is 17.3 Å². The van der Waals surface area contributed by atoms with Gasteiger partial charge in [0, 0.05) is 31.1 Å². The molecule has 0 atom stereocenters. The number of hydrogen-bond acceptors (Lipinski definition) is 5. The average Bonchev–Trinajstić information content (AvgIpc) is 2.48. The number of benzene rings is 1. The number of carbonyl (C=O) groups is 1. The normalized spacial score (nSPS) is 10.1. The largest absolute Gasteiger partial charge is 0.384 e. The summed E-state index contributed by atoms with van der Waals surface area (Å²) in [7, 11) is 0. The Morgan fingerprint density at radius 2 is 2.00 bits per heavy atom. The van der Waals surface area contributed by atoms with Crippen molar-refractivity contribution in [3.05, 3.63) is 64.0 Å². The van der Waals surface area contributed by atoms with Crippen molar-refractivity contribution in [1.82, 2.24) is 4.98 Å². The van der Waals surface area contributed by atoms with Gasteiger partial charge in [0.1, 0.15) is 0 Å². The number of nitrogens with one attached hydrogen (secondary N) is 1. The Bertz CT molecular complexity index is 656. The molecule has 2 rings (SSSR count). The molecule has 7 nitrogen and oxygen atoms in total. The molecule has 1 aromatic carbocycles. The van der Waals surface area contributed by atoms with Crippen LogP contribution in [0, 0.1) is 10.1 Å². The summed E-state index contributed by atoms with van der Waals surface area (Å²) >= 11 is 0. The van der Waals surface area contributed by atoms with Crippen molar-refractivity contribution < 1.29 is 9.72 Å². The van der Waals surface area contributed by atoms with Gasteiger partial charge in [0.05, 0.1) is 16.2 Å². The number of nitro groups is 1. The molecule has 0 saturated heterocycles. The van der Waals surface area contributed by atoms with Gasteiger partial charge < -0.3 is 11.1 Å². The summed E-state index contributed by atoms with van der Waals surface area (Å²) in [4.78, 5) is 25.2. The molecule has 0 aliphatic heterocycles. The maximum absolute atomic E-state index is 11.2. The predicted molar refractivity (Wildman–Crippen MR) is 78.0 cm³/mol. The third-order valence-corrected chi connectivity index (χ3v) is 2.96. The number of non-ortho nitro benzene ring substituents is 1. The SMILES string of the molecule is NC(=O)c1cnccc1NCCc1ccc([N+](=O)[O-])cc1. The molecule has 1 aromatic heterocycles. The molecule has 21 heavy (non-hydrogen) atoms. The summed E-state index contributed by atoms with van der Waals surface area (Å²) in [6.07, 6.45) is 3.65. The highest BCUT2D eigenvalue weighted by Gasteiger charge is 2.07. The second kappa shape index (κ2) is 6.47. The lowest BCUT2D eigenvalue weighted by Crippen LogP contribution is -2.15. The Kier molecular flexibility index (Phi) is 4.45. The summed E-state index contributed by atoms with van der Waals surface area (Å²) in [5.74, 6) is -0.541. The first kappa shape index (κ1) is 14.4. The highest BCUT2D eigenvalue weighted by Crippen LogP contribution is 2.14. The van der Waals surface area contributed by atoms with Crippen molar-refractivity contribution in [2.75, 3.05) is 11.9 Å². The number of hydrogen-bond donors (Lipinski definition) is 2. The van der Waals surface area contributed by atoms with E-state index >= 15 is 0 Å². The van der Waals surface area contributed by atoms with Gasteiger partial charge in [-0.1, -0.05) is 12.1 Å². The Balaban J connectivity index is 1.95. The first-order chi connectivity index (χ1) is 10.1. The quantitative estimate of drug-likeness (QED) is 0.620. The number of anilines is 1. The van der Waals surface area contributed by atoms with Gasteiger partial charge in [-0.3, -0.25) is 19.9 Å². The molecule has 0 saturated carbocycles. The Labute approximate surface area is 121 Å². The molecule has 0 aliphatic carbocycles. The van der Waals surface area contributed by atoms with Crippen molar-refractivity contribution in [1.29, 1.82) is 0 Å². The minimum Gasteiger partial charge on any atom is -0.384 e. The van der Waals surface area contributed by atoms with Crippen molar-refractivity contribution in [3.8, 4) is 0 Å². The number of pyridine rings is 1. The third kappa shape index (κ3) is 3.75. The number of nitrogens with two attached hydrogens (primary N) is 1. The standard InChI is InChI=1S/C14H14N4O3/c15-14(19)12-9-16-7-6-13(12)17-8-5-10-1-3-11(4-2-10)18(20)21/h1-4,6-7,9H,5,8H2,(H2,15,19)(H,16,17). The van der Waals surface area contributed by atoms with Gasteiger partial charge in [-0.25, -0.2) is 0 Å². The zero-order chi connectivity index (χ0) is 15.2. The fourth-order valence-corrected chi connectivity index (χ4v) is 1.87. The van der Waals surface area contributed by atoms with E-state index in [9.17, 15) is 14.9 Å².